The van der Waals surface area contributed by atoms with Crippen LogP contribution >= 0.6 is 0 Å². The van der Waals surface area contributed by atoms with Crippen LogP contribution in [0.15, 0.2) is 79.1 Å². The van der Waals surface area contributed by atoms with Gasteiger partial charge in [-0.1, -0.05) is 57.4 Å². The number of unbranched alkanes of at least 4 members (excludes halogenated alkanes) is 6. The van der Waals surface area contributed by atoms with Crippen LogP contribution in [0.2, 0.25) is 0 Å². The summed E-state index contributed by atoms with van der Waals surface area (Å²) in [6.45, 7) is 8.35. The fourth-order valence-corrected chi connectivity index (χ4v) is 13.4. The van der Waals surface area contributed by atoms with Gasteiger partial charge in [0.05, 0.1) is 170 Å². The van der Waals surface area contributed by atoms with Gasteiger partial charge in [0.15, 0.2) is 6.10 Å². The third kappa shape index (κ3) is 44.1. The summed E-state index contributed by atoms with van der Waals surface area (Å²) in [5.74, 6) is -6.30. The predicted molar refractivity (Wildman–Crippen MR) is 459 cm³/mol. The molecule has 0 bridgehead atoms. The molecule has 7 atom stereocenters. The number of aliphatic hydroxyl groups is 3. The van der Waals surface area contributed by atoms with Gasteiger partial charge in [-0.15, -0.1) is 0 Å². The number of methoxy groups -OCH3 is 1. The molecule has 1 aromatic heterocycles. The van der Waals surface area contributed by atoms with Gasteiger partial charge in [-0.05, 0) is 86.6 Å². The fraction of sp³-hybridized carbons (Fsp3) is 0.659. The Morgan fingerprint density at radius 3 is 1.66 bits per heavy atom. The van der Waals surface area contributed by atoms with Crippen LogP contribution in [0.4, 0.5) is 16.2 Å². The number of hydroxylamine groups is 2. The smallest absolute Gasteiger partial charge is 0.411 e. The number of nitrogens with two attached hydrogens (primary N) is 1. The largest absolute Gasteiger partial charge is 0.479 e. The number of ketones is 2. The van der Waals surface area contributed by atoms with Crippen LogP contribution in [0.1, 0.15) is 143 Å². The Morgan fingerprint density at radius 2 is 1.10 bits per heavy atom. The quantitative estimate of drug-likeness (QED) is 0.0221. The first kappa shape index (κ1) is 108. The molecule has 1 saturated carbocycles. The molecule has 0 radical (unpaired) electrons. The minimum Gasteiger partial charge on any atom is -0.479 e. The summed E-state index contributed by atoms with van der Waals surface area (Å²) < 4.78 is 82.0. The van der Waals surface area contributed by atoms with Crippen LogP contribution in [-0.4, -0.2) is 346 Å². The summed E-state index contributed by atoms with van der Waals surface area (Å²) in [6.07, 6.45) is 5.22. The summed E-state index contributed by atoms with van der Waals surface area (Å²) >= 11 is 0. The second-order valence-electron chi connectivity index (χ2n) is 30.3. The van der Waals surface area contributed by atoms with Crippen molar-refractivity contribution in [3.05, 3.63) is 95.8 Å². The summed E-state index contributed by atoms with van der Waals surface area (Å²) in [7, 11) is 3.20. The highest BCUT2D eigenvalue weighted by Crippen LogP contribution is 2.30. The molecule has 128 heavy (non-hydrogen) atoms. The molecule has 2 fully saturated rings. The lowest BCUT2D eigenvalue weighted by Gasteiger charge is -2.38. The Morgan fingerprint density at radius 1 is 0.570 bits per heavy atom. The molecule has 8 amide bonds. The SMILES string of the molecule is COCCOCCOCCOCCOCCOCCOCCOCCOCCOCCOCCOCCC(=O)CCCCC[C@H](NC(=O)[C@H](CN)N1C(=O)C=CC1=O)C(=O)NCCC(=O)Nc1cc(O[C@@H]2O[C@H](C(=O)O)[C@@H](O)[C@H](O)[C@H]2O)ccc1COC(=O)Nc1cccc(C(=O)N(C)CCON(C(=O)CCCCCCCC(=O)Cc2ccncc2)C2CCCCC2)c1. The van der Waals surface area contributed by atoms with Crippen molar-refractivity contribution in [3.63, 3.8) is 0 Å². The molecule has 3 aliphatic rings. The van der Waals surface area contributed by atoms with Crippen LogP contribution in [0.5, 0.6) is 5.75 Å². The molecular weight excluding hydrogens is 1680 g/mol. The van der Waals surface area contributed by atoms with Crippen molar-refractivity contribution in [2.24, 2.45) is 5.73 Å². The topological polar surface area (TPSA) is 513 Å². The van der Waals surface area contributed by atoms with Gasteiger partial charge in [-0.25, -0.2) is 14.7 Å². The summed E-state index contributed by atoms with van der Waals surface area (Å²) in [5, 5.41) is 53.2. The number of nitrogens with zero attached hydrogens (tertiary/aromatic N) is 4. The maximum absolute atomic E-state index is 14.0. The van der Waals surface area contributed by atoms with Crippen LogP contribution < -0.4 is 31.7 Å². The third-order valence-electron chi connectivity index (χ3n) is 20.4. The van der Waals surface area contributed by atoms with Gasteiger partial charge in [0, 0.05) is 120 Å². The number of hydrogen-bond donors (Lipinski definition) is 9. The number of aliphatic hydroxyl groups excluding tert-OH is 3. The fourth-order valence-electron chi connectivity index (χ4n) is 13.4. The molecule has 3 heterocycles. The summed E-state index contributed by atoms with van der Waals surface area (Å²) in [6, 6.07) is 10.7. The predicted octanol–water partition coefficient (Wildman–Crippen LogP) is 3.73. The van der Waals surface area contributed by atoms with Crippen molar-refractivity contribution < 1.29 is 149 Å². The number of aliphatic carboxylic acids is 1. The highest BCUT2D eigenvalue weighted by Gasteiger charge is 2.48. The number of carbonyl (C=O) groups is 11. The minimum atomic E-state index is -2.04. The van der Waals surface area contributed by atoms with E-state index in [4.69, 9.17) is 81.6 Å². The molecule has 1 aliphatic carbocycles. The number of amides is 8. The number of ether oxygens (including phenoxy) is 15. The Labute approximate surface area is 747 Å². The van der Waals surface area contributed by atoms with E-state index in [0.717, 1.165) is 75.5 Å². The van der Waals surface area contributed by atoms with Gasteiger partial charge >= 0.3 is 12.1 Å². The third-order valence-corrected chi connectivity index (χ3v) is 20.4. The number of carboxylic acids is 1. The van der Waals surface area contributed by atoms with E-state index in [1.807, 2.05) is 12.1 Å². The summed E-state index contributed by atoms with van der Waals surface area (Å²) in [4.78, 5) is 157. The molecule has 3 aromatic rings. The molecule has 1 saturated heterocycles. The lowest BCUT2D eigenvalue weighted by molar-refractivity contribution is -0.271. The van der Waals surface area contributed by atoms with E-state index < -0.39 is 110 Å². The van der Waals surface area contributed by atoms with E-state index >= 15 is 0 Å². The monoisotopic (exact) mass is 1810 g/mol. The highest BCUT2D eigenvalue weighted by molar-refractivity contribution is 6.15. The average Bonchev–Trinajstić information content (AvgIpc) is 0.990. The number of imide groups is 1. The zero-order chi connectivity index (χ0) is 92.1. The molecule has 716 valence electrons. The van der Waals surface area contributed by atoms with Gasteiger partial charge in [0.1, 0.15) is 54.3 Å². The minimum absolute atomic E-state index is 0.00520. The zero-order valence-electron chi connectivity index (χ0n) is 73.7. The standard InChI is InChI=1S/C88H133N9O31/c1-95(34-36-126-97(68-17-8-6-9-18-68)78(103)22-13-5-3-4-10-20-70(99)59-64-27-31-90-32-28-64)85(109)65-15-14-16-67(60-65)92-88(112)125-63-66-23-24-71(127-87-81(106)79(104)80(105)82(128-87)86(110)111)61-73(66)93-75(100)29-33-91-83(107)72(94-84(108)74(62-89)96-76(101)25-26-77(96)102)21-12-7-11-19-69(98)30-35-114-39-40-116-43-44-118-47-48-120-51-52-122-55-56-124-58-57-123-54-53-121-50-49-119-46-45-117-42-41-115-38-37-113-2/h14-16,23-28,31-32,60-61,68,72,74,79-82,87,104-106H,3-13,17-22,29-30,33-59,62-63,89H2,1-2H3,(H,91,107)(H,92,112)(H,93,100)(H,94,108)(H,110,111)/t72-,74-,79-,80-,81+,82-,87+/m0/s1. The number of nitrogens with one attached hydrogen (secondary N) is 4. The van der Waals surface area contributed by atoms with Crippen molar-refractivity contribution in [1.82, 2.24) is 30.5 Å². The van der Waals surface area contributed by atoms with Crippen LogP contribution in [-0.2, 0) is 127 Å². The number of carboxylic acid groups (broad SMARTS) is 1. The molecule has 0 unspecified atom stereocenters. The normalized spacial score (nSPS) is 16.8. The van der Waals surface area contributed by atoms with Gasteiger partial charge < -0.3 is 118 Å². The van der Waals surface area contributed by atoms with E-state index in [0.29, 0.717) is 182 Å². The molecule has 40 nitrogen and oxygen atoms in total. The van der Waals surface area contributed by atoms with Crippen molar-refractivity contribution in [2.75, 3.05) is 203 Å². The molecule has 2 aliphatic heterocycles. The number of anilines is 2. The molecule has 40 heteroatoms. The van der Waals surface area contributed by atoms with E-state index in [1.165, 1.54) is 40.3 Å². The lowest BCUT2D eigenvalue weighted by Crippen LogP contribution is -2.61. The van der Waals surface area contributed by atoms with Gasteiger partial charge in [-0.3, -0.25) is 63.2 Å². The average molecular weight is 1810 g/mol. The van der Waals surface area contributed by atoms with Crippen LogP contribution in [0.3, 0.4) is 0 Å². The van der Waals surface area contributed by atoms with Crippen LogP contribution in [0, 0.1) is 0 Å². The summed E-state index contributed by atoms with van der Waals surface area (Å²) in [5.41, 5.74) is 7.24. The Balaban J connectivity index is 0.885. The highest BCUT2D eigenvalue weighted by atomic mass is 16.7. The van der Waals surface area contributed by atoms with Gasteiger partial charge in [0.2, 0.25) is 29.9 Å². The molecular formula is C88H133N9O31. The number of rotatable bonds is 73. The maximum Gasteiger partial charge on any atom is 0.411 e. The number of Topliss-reactive ketones (excluding diaryl/α,β-unsaturated/α-hetero) is 2. The Hall–Kier alpha value is -9.02. The number of likely N-dealkylation sites (N-methyl/N-ethyl adjacent to an activating group) is 1. The van der Waals surface area contributed by atoms with Crippen molar-refractivity contribution in [2.45, 2.75) is 184 Å². The maximum atomic E-state index is 14.0. The van der Waals surface area contributed by atoms with Gasteiger partial charge in [-0.2, -0.15) is 0 Å². The number of hydrogen-bond acceptors (Lipinski definition) is 32. The van der Waals surface area contributed by atoms with Crippen molar-refractivity contribution >= 4 is 76.4 Å². The van der Waals surface area contributed by atoms with E-state index in [2.05, 4.69) is 26.3 Å². The first-order valence-corrected chi connectivity index (χ1v) is 44.0. The Bertz CT molecular complexity index is 3750. The van der Waals surface area contributed by atoms with E-state index in [9.17, 15) is 73.2 Å². The zero-order valence-corrected chi connectivity index (χ0v) is 73.7. The molecule has 6 rings (SSSR count). The van der Waals surface area contributed by atoms with Crippen molar-refractivity contribution in [1.29, 1.82) is 0 Å². The van der Waals surface area contributed by atoms with Gasteiger partial charge in [0.25, 0.3) is 17.7 Å². The first-order chi connectivity index (χ1) is 62.2. The van der Waals surface area contributed by atoms with Crippen molar-refractivity contribution in [3.8, 4) is 5.75 Å². The van der Waals surface area contributed by atoms with E-state index in [1.54, 1.807) is 38.7 Å². The number of pyridine rings is 1. The second-order valence-corrected chi connectivity index (χ2v) is 30.3. The molecule has 2 aromatic carbocycles. The number of carbonyl (C=O) groups excluding carboxylic acids is 10. The number of aromatic nitrogens is 1. The molecule has 10 N–H and O–H groups in total. The van der Waals surface area contributed by atoms with Crippen LogP contribution in [0.25, 0.3) is 0 Å². The number of benzene rings is 2. The second kappa shape index (κ2) is 65.5. The lowest BCUT2D eigenvalue weighted by atomic mass is 9.95. The first-order valence-electron chi connectivity index (χ1n) is 44.0. The van der Waals surface area contributed by atoms with E-state index in [-0.39, 0.29) is 111 Å². The molecule has 0 spiro atoms. The Kier molecular flexibility index (Phi) is 55.1.